The molecule has 0 radical (unpaired) electrons. The molecule has 7 heteroatoms. The van der Waals surface area contributed by atoms with Crippen molar-refractivity contribution in [3.8, 4) is 33.8 Å². The third-order valence-corrected chi connectivity index (χ3v) is 14.0. The van der Waals surface area contributed by atoms with Crippen LogP contribution in [0.25, 0.3) is 22.3 Å². The summed E-state index contributed by atoms with van der Waals surface area (Å²) in [5.74, 6) is 3.37. The van der Waals surface area contributed by atoms with Crippen molar-refractivity contribution in [1.29, 1.82) is 0 Å². The van der Waals surface area contributed by atoms with E-state index in [2.05, 4.69) is 193 Å². The van der Waals surface area contributed by atoms with Crippen LogP contribution in [-0.4, -0.2) is 37.6 Å². The number of para-hydroxylation sites is 1. The molecule has 2 aliphatic heterocycles. The average molecular weight is 868 g/mol. The quantitative estimate of drug-likeness (QED) is 0.149. The van der Waals surface area contributed by atoms with E-state index in [0.29, 0.717) is 6.67 Å². The molecule has 0 bridgehead atoms. The van der Waals surface area contributed by atoms with Crippen LogP contribution in [-0.2, 0) is 5.41 Å². The van der Waals surface area contributed by atoms with Gasteiger partial charge < -0.3 is 0 Å². The molecule has 0 aliphatic carbocycles. The first kappa shape index (κ1) is 36.0. The molecule has 0 spiro atoms. The Bertz CT molecular complexity index is 2730. The molecule has 0 amide bonds. The fourth-order valence-electron chi connectivity index (χ4n) is 7.78. The van der Waals surface area contributed by atoms with Crippen molar-refractivity contribution in [2.45, 2.75) is 26.2 Å². The van der Waals surface area contributed by atoms with Crippen LogP contribution in [0.5, 0.6) is 11.5 Å². The predicted octanol–water partition coefficient (Wildman–Crippen LogP) is 11.6. The standard InChI is InChI=1S/C51H41N5OTe/c1-51(2,3)39-25-27-52-49(31-39)56-44-20-10-11-22-47(44)58-48-24-23-43(33-46(48)56)57-42-19-12-18-40(32-42)55-34-54(45-21-13-26-53-50(45)55)41-29-37(35-14-6-4-7-15-35)28-38(30-41)36-16-8-5-9-17-36/h4-33H,34H2,1-3H3. The summed E-state index contributed by atoms with van der Waals surface area (Å²) in [7, 11) is 0. The molecule has 0 saturated heterocycles. The van der Waals surface area contributed by atoms with Crippen molar-refractivity contribution in [3.63, 3.8) is 0 Å². The Kier molecular flexibility index (Phi) is 9.21. The van der Waals surface area contributed by atoms with E-state index >= 15 is 0 Å². The molecular weight excluding hydrogens is 826 g/mol. The van der Waals surface area contributed by atoms with Gasteiger partial charge in [0, 0.05) is 0 Å². The van der Waals surface area contributed by atoms with Crippen LogP contribution in [0.15, 0.2) is 182 Å². The molecular formula is C51H41N5OTe. The molecule has 0 saturated carbocycles. The fourth-order valence-corrected chi connectivity index (χ4v) is 10.7. The second-order valence-corrected chi connectivity index (χ2v) is 18.7. The summed E-state index contributed by atoms with van der Waals surface area (Å²) in [6, 6.07) is 60.3. The van der Waals surface area contributed by atoms with Crippen LogP contribution in [0.3, 0.4) is 0 Å². The Morgan fingerprint density at radius 3 is 1.95 bits per heavy atom. The van der Waals surface area contributed by atoms with Crippen molar-refractivity contribution < 1.29 is 4.74 Å². The zero-order valence-electron chi connectivity index (χ0n) is 32.6. The van der Waals surface area contributed by atoms with Gasteiger partial charge in [-0.05, 0) is 46.5 Å². The predicted molar refractivity (Wildman–Crippen MR) is 240 cm³/mol. The average Bonchev–Trinajstić information content (AvgIpc) is 3.66. The zero-order chi connectivity index (χ0) is 39.2. The van der Waals surface area contributed by atoms with Gasteiger partial charge in [0.2, 0.25) is 0 Å². The van der Waals surface area contributed by atoms with Gasteiger partial charge >= 0.3 is 245 Å². The number of benzene rings is 6. The number of rotatable bonds is 7. The molecule has 58 heavy (non-hydrogen) atoms. The van der Waals surface area contributed by atoms with Gasteiger partial charge in [-0.15, -0.1) is 0 Å². The van der Waals surface area contributed by atoms with E-state index in [1.807, 2.05) is 24.5 Å². The molecule has 2 aliphatic rings. The summed E-state index contributed by atoms with van der Waals surface area (Å²) in [5, 5.41) is 0. The molecule has 4 heterocycles. The van der Waals surface area contributed by atoms with Crippen LogP contribution in [0.4, 0.5) is 40.1 Å². The second kappa shape index (κ2) is 14.8. The van der Waals surface area contributed by atoms with Crippen molar-refractivity contribution in [2.24, 2.45) is 0 Å². The molecule has 0 fully saturated rings. The Labute approximate surface area is 350 Å². The number of hydrogen-bond acceptors (Lipinski definition) is 6. The van der Waals surface area contributed by atoms with E-state index in [-0.39, 0.29) is 5.41 Å². The maximum absolute atomic E-state index is 6.73. The van der Waals surface area contributed by atoms with E-state index < -0.39 is 20.9 Å². The number of aromatic nitrogens is 2. The Hall–Kier alpha value is -6.39. The van der Waals surface area contributed by atoms with Crippen LogP contribution in [0.2, 0.25) is 0 Å². The number of nitrogens with zero attached hydrogens (tertiary/aromatic N) is 5. The maximum atomic E-state index is 6.73. The van der Waals surface area contributed by atoms with E-state index in [9.17, 15) is 0 Å². The molecule has 6 aromatic carbocycles. The molecule has 0 unspecified atom stereocenters. The number of ether oxygens (including phenoxy) is 1. The second-order valence-electron chi connectivity index (χ2n) is 15.6. The van der Waals surface area contributed by atoms with Crippen molar-refractivity contribution in [2.75, 3.05) is 21.4 Å². The van der Waals surface area contributed by atoms with Crippen LogP contribution in [0.1, 0.15) is 26.3 Å². The summed E-state index contributed by atoms with van der Waals surface area (Å²) >= 11 is -0.607. The van der Waals surface area contributed by atoms with Crippen LogP contribution >= 0.6 is 0 Å². The number of hydrogen-bond donors (Lipinski definition) is 0. The SMILES string of the molecule is CC(C)(C)c1ccnc(N2c3ccccc3[Te]c3ccc(Oc4cccc(N5CN(c6cc(-c7ccccc7)cc(-c7ccccc7)c6)c6cccnc65)c4)cc32)c1. The van der Waals surface area contributed by atoms with Gasteiger partial charge in [0.1, 0.15) is 0 Å². The van der Waals surface area contributed by atoms with Gasteiger partial charge in [0.15, 0.2) is 0 Å². The van der Waals surface area contributed by atoms with E-state index in [4.69, 9.17) is 14.7 Å². The van der Waals surface area contributed by atoms with E-state index in [0.717, 1.165) is 45.9 Å². The molecule has 10 rings (SSSR count). The Morgan fingerprint density at radius 2 is 1.19 bits per heavy atom. The van der Waals surface area contributed by atoms with E-state index in [1.165, 1.54) is 40.7 Å². The van der Waals surface area contributed by atoms with Gasteiger partial charge in [-0.2, -0.15) is 0 Å². The number of anilines is 7. The molecule has 0 N–H and O–H groups in total. The normalized spacial score (nSPS) is 13.2. The molecule has 6 nitrogen and oxygen atoms in total. The molecule has 0 atom stereocenters. The summed E-state index contributed by atoms with van der Waals surface area (Å²) in [6.07, 6.45) is 3.81. The third kappa shape index (κ3) is 6.87. The Balaban J connectivity index is 0.983. The van der Waals surface area contributed by atoms with Crippen LogP contribution in [0, 0.1) is 0 Å². The van der Waals surface area contributed by atoms with Gasteiger partial charge in [0.25, 0.3) is 0 Å². The van der Waals surface area contributed by atoms with Gasteiger partial charge in [-0.3, -0.25) is 0 Å². The first-order valence-corrected chi connectivity index (χ1v) is 21.9. The molecule has 8 aromatic rings. The van der Waals surface area contributed by atoms with Crippen molar-refractivity contribution in [3.05, 3.63) is 188 Å². The van der Waals surface area contributed by atoms with Crippen molar-refractivity contribution in [1.82, 2.24) is 9.97 Å². The monoisotopic (exact) mass is 869 g/mol. The summed E-state index contributed by atoms with van der Waals surface area (Å²) in [4.78, 5) is 16.8. The first-order valence-electron chi connectivity index (χ1n) is 19.6. The first-order chi connectivity index (χ1) is 28.4. The Morgan fingerprint density at radius 1 is 0.500 bits per heavy atom. The van der Waals surface area contributed by atoms with Gasteiger partial charge in [-0.1, -0.05) is 60.7 Å². The minimum atomic E-state index is -0.607. The van der Waals surface area contributed by atoms with Crippen LogP contribution < -0.4 is 26.7 Å². The summed E-state index contributed by atoms with van der Waals surface area (Å²) in [6.45, 7) is 7.34. The topological polar surface area (TPSA) is 44.7 Å². The van der Waals surface area contributed by atoms with Gasteiger partial charge in [0.05, 0.1) is 0 Å². The number of pyridine rings is 2. The molecule has 2 aromatic heterocycles. The minimum absolute atomic E-state index is 0.000299. The zero-order valence-corrected chi connectivity index (χ0v) is 34.9. The van der Waals surface area contributed by atoms with Crippen molar-refractivity contribution >= 4 is 68.2 Å². The van der Waals surface area contributed by atoms with Gasteiger partial charge in [-0.25, -0.2) is 0 Å². The van der Waals surface area contributed by atoms with E-state index in [1.54, 1.807) is 0 Å². The third-order valence-electron chi connectivity index (χ3n) is 10.7. The fraction of sp³-hybridized carbons (Fsp3) is 0.0980. The summed E-state index contributed by atoms with van der Waals surface area (Å²) in [5.41, 5.74) is 11.5. The molecule has 282 valence electrons. The summed E-state index contributed by atoms with van der Waals surface area (Å²) < 4.78 is 9.50. The number of fused-ring (bicyclic) bond motifs is 3.